The average molecular weight is 387 g/mol. The lowest BCUT2D eigenvalue weighted by molar-refractivity contribution is 0.870. The number of nitrogens with one attached hydrogen (secondary N) is 1. The van der Waals surface area contributed by atoms with Crippen LogP contribution in [0, 0.1) is 20.8 Å². The fraction of sp³-hybridized carbons (Fsp3) is 0.294. The highest BCUT2D eigenvalue weighted by molar-refractivity contribution is 9.10. The third kappa shape index (κ3) is 3.74. The zero-order chi connectivity index (χ0) is 15.7. The average Bonchev–Trinajstić information content (AvgIpc) is 2.37. The molecule has 0 heterocycles. The first kappa shape index (κ1) is 16.7. The molecule has 2 aromatic rings. The molecule has 0 amide bonds. The minimum absolute atomic E-state index is 0.125. The molecule has 0 radical (unpaired) electrons. The van der Waals surface area contributed by atoms with Gasteiger partial charge in [-0.3, -0.25) is 0 Å². The van der Waals surface area contributed by atoms with E-state index >= 15 is 0 Å². The maximum atomic E-state index is 6.29. The van der Waals surface area contributed by atoms with Crippen molar-refractivity contribution in [3.63, 3.8) is 0 Å². The van der Waals surface area contributed by atoms with Crippen LogP contribution in [0.25, 0.3) is 0 Å². The second-order valence-corrected chi connectivity index (χ2v) is 7.13. The number of halogens is 3. The van der Waals surface area contributed by atoms with E-state index in [0.29, 0.717) is 10.0 Å². The van der Waals surface area contributed by atoms with Gasteiger partial charge in [0.1, 0.15) is 0 Å². The van der Waals surface area contributed by atoms with Gasteiger partial charge in [-0.05, 0) is 62.1 Å². The van der Waals surface area contributed by atoms with Crippen molar-refractivity contribution in [3.8, 4) is 0 Å². The predicted molar refractivity (Wildman–Crippen MR) is 96.9 cm³/mol. The first-order valence-electron chi connectivity index (χ1n) is 6.78. The number of hydrogen-bond donors (Lipinski definition) is 1. The molecule has 112 valence electrons. The normalized spacial score (nSPS) is 12.3. The summed E-state index contributed by atoms with van der Waals surface area (Å²) in [5.41, 5.74) is 5.89. The van der Waals surface area contributed by atoms with Crippen molar-refractivity contribution >= 4 is 44.8 Å². The lowest BCUT2D eigenvalue weighted by Gasteiger charge is -2.21. The van der Waals surface area contributed by atoms with E-state index in [-0.39, 0.29) is 6.04 Å². The van der Waals surface area contributed by atoms with Crippen molar-refractivity contribution < 1.29 is 0 Å². The molecule has 0 spiro atoms. The van der Waals surface area contributed by atoms with Gasteiger partial charge >= 0.3 is 0 Å². The van der Waals surface area contributed by atoms with Crippen molar-refractivity contribution in [3.05, 3.63) is 61.0 Å². The Labute approximate surface area is 144 Å². The smallest absolute Gasteiger partial charge is 0.0724 e. The molecule has 1 atom stereocenters. The predicted octanol–water partition coefficient (Wildman–Crippen LogP) is 6.85. The molecular formula is C17H18BrCl2N. The minimum atomic E-state index is 0.125. The van der Waals surface area contributed by atoms with Crippen LogP contribution < -0.4 is 5.32 Å². The van der Waals surface area contributed by atoms with Crippen molar-refractivity contribution in [1.82, 2.24) is 0 Å². The third-order valence-corrected chi connectivity index (χ3v) is 4.77. The molecule has 1 unspecified atom stereocenters. The molecule has 0 aromatic heterocycles. The number of hydrogen-bond acceptors (Lipinski definition) is 1. The van der Waals surface area contributed by atoms with E-state index in [1.165, 1.54) is 22.3 Å². The van der Waals surface area contributed by atoms with Crippen LogP contribution in [0.1, 0.15) is 35.2 Å². The molecule has 0 bridgehead atoms. The second kappa shape index (κ2) is 6.60. The van der Waals surface area contributed by atoms with Crippen LogP contribution in [-0.4, -0.2) is 0 Å². The summed E-state index contributed by atoms with van der Waals surface area (Å²) in [4.78, 5) is 0. The van der Waals surface area contributed by atoms with Gasteiger partial charge in [-0.25, -0.2) is 0 Å². The summed E-state index contributed by atoms with van der Waals surface area (Å²) >= 11 is 16.0. The van der Waals surface area contributed by atoms with Crippen LogP contribution in [-0.2, 0) is 0 Å². The molecule has 2 aromatic carbocycles. The van der Waals surface area contributed by atoms with Crippen molar-refractivity contribution in [1.29, 1.82) is 0 Å². The Kier molecular flexibility index (Phi) is 5.24. The molecule has 4 heteroatoms. The van der Waals surface area contributed by atoms with Crippen LogP contribution >= 0.6 is 39.1 Å². The van der Waals surface area contributed by atoms with Gasteiger partial charge in [-0.2, -0.15) is 0 Å². The van der Waals surface area contributed by atoms with Gasteiger partial charge in [-0.1, -0.05) is 51.3 Å². The van der Waals surface area contributed by atoms with Crippen LogP contribution in [0.4, 0.5) is 5.69 Å². The highest BCUT2D eigenvalue weighted by atomic mass is 79.9. The molecule has 0 saturated carbocycles. The first-order chi connectivity index (χ1) is 9.79. The summed E-state index contributed by atoms with van der Waals surface area (Å²) in [5.74, 6) is 0. The van der Waals surface area contributed by atoms with E-state index in [1.807, 2.05) is 12.1 Å². The Morgan fingerprint density at radius 3 is 2.00 bits per heavy atom. The Bertz CT molecular complexity index is 660. The zero-order valence-electron chi connectivity index (χ0n) is 12.5. The van der Waals surface area contributed by atoms with Gasteiger partial charge in [-0.15, -0.1) is 0 Å². The molecule has 0 aliphatic rings. The van der Waals surface area contributed by atoms with Gasteiger partial charge in [0, 0.05) is 10.5 Å². The van der Waals surface area contributed by atoms with E-state index in [0.717, 1.165) is 10.2 Å². The van der Waals surface area contributed by atoms with E-state index < -0.39 is 0 Å². The molecule has 0 saturated heterocycles. The summed E-state index contributed by atoms with van der Waals surface area (Å²) < 4.78 is 0.873. The summed E-state index contributed by atoms with van der Waals surface area (Å²) in [7, 11) is 0. The maximum Gasteiger partial charge on any atom is 0.0724 e. The Morgan fingerprint density at radius 2 is 1.43 bits per heavy atom. The largest absolute Gasteiger partial charge is 0.376 e. The van der Waals surface area contributed by atoms with Crippen LogP contribution in [0.2, 0.25) is 10.0 Å². The first-order valence-corrected chi connectivity index (χ1v) is 8.33. The number of rotatable bonds is 3. The van der Waals surface area contributed by atoms with Crippen LogP contribution in [0.15, 0.2) is 28.7 Å². The second-order valence-electron chi connectivity index (χ2n) is 5.40. The highest BCUT2D eigenvalue weighted by Gasteiger charge is 2.14. The van der Waals surface area contributed by atoms with Gasteiger partial charge < -0.3 is 5.32 Å². The third-order valence-electron chi connectivity index (χ3n) is 3.72. The summed E-state index contributed by atoms with van der Waals surface area (Å²) in [6, 6.07) is 8.25. The molecule has 0 aliphatic heterocycles. The zero-order valence-corrected chi connectivity index (χ0v) is 15.6. The van der Waals surface area contributed by atoms with Crippen molar-refractivity contribution in [2.45, 2.75) is 33.7 Å². The van der Waals surface area contributed by atoms with E-state index in [4.69, 9.17) is 23.2 Å². The fourth-order valence-corrected chi connectivity index (χ4v) is 3.74. The van der Waals surface area contributed by atoms with Crippen molar-refractivity contribution in [2.24, 2.45) is 0 Å². The summed E-state index contributed by atoms with van der Waals surface area (Å²) in [6.07, 6.45) is 0. The lowest BCUT2D eigenvalue weighted by Crippen LogP contribution is -2.10. The molecule has 0 fully saturated rings. The lowest BCUT2D eigenvalue weighted by atomic mass is 9.96. The fourth-order valence-electron chi connectivity index (χ4n) is 2.42. The standard InChI is InChI=1S/C17H18BrCl2N/c1-9-5-11(3)14(6-10(9)2)12(4)21-17-15(19)7-13(18)8-16(17)20/h5-8,12,21H,1-4H3. The minimum Gasteiger partial charge on any atom is -0.376 e. The quantitative estimate of drug-likeness (QED) is 0.607. The molecule has 1 nitrogen and oxygen atoms in total. The van der Waals surface area contributed by atoms with Gasteiger partial charge in [0.25, 0.3) is 0 Å². The van der Waals surface area contributed by atoms with Gasteiger partial charge in [0.15, 0.2) is 0 Å². The Balaban J connectivity index is 2.35. The maximum absolute atomic E-state index is 6.29. The number of anilines is 1. The van der Waals surface area contributed by atoms with Crippen molar-refractivity contribution in [2.75, 3.05) is 5.32 Å². The Hall–Kier alpha value is -0.700. The van der Waals surface area contributed by atoms with Gasteiger partial charge in [0.05, 0.1) is 15.7 Å². The Morgan fingerprint density at radius 1 is 0.905 bits per heavy atom. The molecule has 2 rings (SSSR count). The molecule has 0 aliphatic carbocycles. The molecular weight excluding hydrogens is 369 g/mol. The highest BCUT2D eigenvalue weighted by Crippen LogP contribution is 2.36. The summed E-state index contributed by atoms with van der Waals surface area (Å²) in [6.45, 7) is 8.51. The van der Waals surface area contributed by atoms with E-state index in [1.54, 1.807) is 0 Å². The topological polar surface area (TPSA) is 12.0 Å². The summed E-state index contributed by atoms with van der Waals surface area (Å²) in [5, 5.41) is 4.65. The van der Waals surface area contributed by atoms with Crippen LogP contribution in [0.3, 0.4) is 0 Å². The molecule has 1 N–H and O–H groups in total. The van der Waals surface area contributed by atoms with Crippen LogP contribution in [0.5, 0.6) is 0 Å². The SMILES string of the molecule is Cc1cc(C)c(C(C)Nc2c(Cl)cc(Br)cc2Cl)cc1C. The number of aryl methyl sites for hydroxylation is 3. The molecule has 21 heavy (non-hydrogen) atoms. The van der Waals surface area contributed by atoms with E-state index in [9.17, 15) is 0 Å². The number of benzene rings is 2. The van der Waals surface area contributed by atoms with E-state index in [2.05, 4.69) is 61.1 Å². The van der Waals surface area contributed by atoms with Gasteiger partial charge in [0.2, 0.25) is 0 Å². The monoisotopic (exact) mass is 385 g/mol.